The number of carbonyl (C=O) groups excluding carboxylic acids is 1. The normalized spacial score (nSPS) is 16.4. The summed E-state index contributed by atoms with van der Waals surface area (Å²) in [5, 5.41) is 3.34. The third kappa shape index (κ3) is 3.02. The van der Waals surface area contributed by atoms with Crippen molar-refractivity contribution in [3.63, 3.8) is 0 Å². The van der Waals surface area contributed by atoms with Gasteiger partial charge in [-0.2, -0.15) is 0 Å². The summed E-state index contributed by atoms with van der Waals surface area (Å²) in [6.45, 7) is 0.382. The number of methoxy groups -OCH3 is 1. The SMILES string of the molecule is COc1ccc(NC(=O)[C@H]2COc3ccccc3C2)cc1Cl. The number of hydrogen-bond acceptors (Lipinski definition) is 3. The van der Waals surface area contributed by atoms with Gasteiger partial charge in [-0.25, -0.2) is 0 Å². The highest BCUT2D eigenvalue weighted by Gasteiger charge is 2.25. The Morgan fingerprint density at radius 2 is 2.14 bits per heavy atom. The first-order valence-corrected chi connectivity index (χ1v) is 7.40. The Morgan fingerprint density at radius 1 is 1.32 bits per heavy atom. The van der Waals surface area contributed by atoms with Crippen LogP contribution in [0.1, 0.15) is 5.56 Å². The van der Waals surface area contributed by atoms with E-state index in [0.29, 0.717) is 29.5 Å². The van der Waals surface area contributed by atoms with Gasteiger partial charge >= 0.3 is 0 Å². The van der Waals surface area contributed by atoms with Crippen molar-refractivity contribution < 1.29 is 14.3 Å². The van der Waals surface area contributed by atoms with E-state index in [1.54, 1.807) is 25.3 Å². The maximum absolute atomic E-state index is 12.4. The van der Waals surface area contributed by atoms with Gasteiger partial charge in [0.1, 0.15) is 18.1 Å². The number of benzene rings is 2. The van der Waals surface area contributed by atoms with E-state index in [-0.39, 0.29) is 11.8 Å². The van der Waals surface area contributed by atoms with Crippen molar-refractivity contribution in [2.24, 2.45) is 5.92 Å². The van der Waals surface area contributed by atoms with Crippen LogP contribution < -0.4 is 14.8 Å². The van der Waals surface area contributed by atoms with Crippen LogP contribution in [0.15, 0.2) is 42.5 Å². The number of halogens is 1. The van der Waals surface area contributed by atoms with Gasteiger partial charge in [-0.05, 0) is 36.2 Å². The van der Waals surface area contributed by atoms with Gasteiger partial charge in [-0.1, -0.05) is 29.8 Å². The van der Waals surface area contributed by atoms with Crippen LogP contribution in [0, 0.1) is 5.92 Å². The van der Waals surface area contributed by atoms with Crippen LogP contribution in [0.3, 0.4) is 0 Å². The van der Waals surface area contributed by atoms with E-state index in [1.165, 1.54) is 0 Å². The van der Waals surface area contributed by atoms with Crippen LogP contribution in [0.2, 0.25) is 5.02 Å². The average molecular weight is 318 g/mol. The molecule has 2 aromatic rings. The molecule has 0 bridgehead atoms. The van der Waals surface area contributed by atoms with Crippen molar-refractivity contribution in [2.75, 3.05) is 19.0 Å². The van der Waals surface area contributed by atoms with E-state index >= 15 is 0 Å². The molecule has 114 valence electrons. The summed E-state index contributed by atoms with van der Waals surface area (Å²) in [4.78, 5) is 12.4. The summed E-state index contributed by atoms with van der Waals surface area (Å²) in [6.07, 6.45) is 0.673. The van der Waals surface area contributed by atoms with Crippen LogP contribution in [0.4, 0.5) is 5.69 Å². The molecule has 1 aliphatic rings. The molecule has 0 radical (unpaired) electrons. The molecule has 0 spiro atoms. The second-order valence-electron chi connectivity index (χ2n) is 5.16. The van der Waals surface area contributed by atoms with E-state index < -0.39 is 0 Å². The van der Waals surface area contributed by atoms with Crippen molar-refractivity contribution in [2.45, 2.75) is 6.42 Å². The van der Waals surface area contributed by atoms with E-state index in [4.69, 9.17) is 21.1 Å². The van der Waals surface area contributed by atoms with Crippen LogP contribution in [-0.2, 0) is 11.2 Å². The summed E-state index contributed by atoms with van der Waals surface area (Å²) in [6, 6.07) is 13.0. The van der Waals surface area contributed by atoms with Gasteiger partial charge < -0.3 is 14.8 Å². The first kappa shape index (κ1) is 14.7. The first-order chi connectivity index (χ1) is 10.7. The Kier molecular flexibility index (Phi) is 4.20. The van der Waals surface area contributed by atoms with Crippen LogP contribution in [-0.4, -0.2) is 19.6 Å². The predicted molar refractivity (Wildman–Crippen MR) is 85.8 cm³/mol. The summed E-state index contributed by atoms with van der Waals surface area (Å²) < 4.78 is 10.7. The first-order valence-electron chi connectivity index (χ1n) is 7.02. The van der Waals surface area contributed by atoms with Crippen LogP contribution in [0.25, 0.3) is 0 Å². The van der Waals surface area contributed by atoms with Crippen LogP contribution >= 0.6 is 11.6 Å². The number of anilines is 1. The molecule has 4 nitrogen and oxygen atoms in total. The molecule has 1 aliphatic heterocycles. The zero-order valence-corrected chi connectivity index (χ0v) is 12.9. The van der Waals surface area contributed by atoms with Crippen molar-refractivity contribution in [3.05, 3.63) is 53.1 Å². The van der Waals surface area contributed by atoms with Gasteiger partial charge in [0.2, 0.25) is 5.91 Å². The third-order valence-electron chi connectivity index (χ3n) is 3.67. The largest absolute Gasteiger partial charge is 0.495 e. The second-order valence-corrected chi connectivity index (χ2v) is 5.57. The molecule has 0 aliphatic carbocycles. The zero-order chi connectivity index (χ0) is 15.5. The van der Waals surface area contributed by atoms with E-state index in [9.17, 15) is 4.79 Å². The fourth-order valence-corrected chi connectivity index (χ4v) is 2.74. The summed E-state index contributed by atoms with van der Waals surface area (Å²) in [7, 11) is 1.55. The molecule has 1 amide bonds. The Morgan fingerprint density at radius 3 is 2.91 bits per heavy atom. The third-order valence-corrected chi connectivity index (χ3v) is 3.96. The lowest BCUT2D eigenvalue weighted by molar-refractivity contribution is -0.121. The van der Waals surface area contributed by atoms with Crippen molar-refractivity contribution in [1.82, 2.24) is 0 Å². The topological polar surface area (TPSA) is 47.6 Å². The molecule has 0 saturated carbocycles. The number of hydrogen-bond donors (Lipinski definition) is 1. The van der Waals surface area contributed by atoms with Crippen molar-refractivity contribution in [1.29, 1.82) is 0 Å². The Hall–Kier alpha value is -2.20. The molecule has 3 rings (SSSR count). The van der Waals surface area contributed by atoms with Crippen LogP contribution in [0.5, 0.6) is 11.5 Å². The Bertz CT molecular complexity index is 702. The van der Waals surface area contributed by atoms with Gasteiger partial charge in [0.05, 0.1) is 18.1 Å². The Labute approximate surface area is 134 Å². The molecule has 22 heavy (non-hydrogen) atoms. The standard InChI is InChI=1S/C17H16ClNO3/c1-21-16-7-6-13(9-14(16)18)19-17(20)12-8-11-4-2-3-5-15(11)22-10-12/h2-7,9,12H,8,10H2,1H3,(H,19,20)/t12-/m1/s1. The molecular weight excluding hydrogens is 302 g/mol. The minimum Gasteiger partial charge on any atom is -0.495 e. The summed E-state index contributed by atoms with van der Waals surface area (Å²) >= 11 is 6.06. The highest BCUT2D eigenvalue weighted by atomic mass is 35.5. The molecule has 5 heteroatoms. The number of amides is 1. The fraction of sp³-hybridized carbons (Fsp3) is 0.235. The number of fused-ring (bicyclic) bond motifs is 1. The highest BCUT2D eigenvalue weighted by molar-refractivity contribution is 6.32. The average Bonchev–Trinajstić information content (AvgIpc) is 2.54. The molecule has 0 fully saturated rings. The van der Waals surface area contributed by atoms with Gasteiger partial charge in [0.15, 0.2) is 0 Å². The monoisotopic (exact) mass is 317 g/mol. The quantitative estimate of drug-likeness (QED) is 0.942. The number of rotatable bonds is 3. The van der Waals surface area contributed by atoms with E-state index in [2.05, 4.69) is 5.32 Å². The lowest BCUT2D eigenvalue weighted by Gasteiger charge is -2.24. The van der Waals surface area contributed by atoms with Crippen molar-refractivity contribution >= 4 is 23.2 Å². The minimum absolute atomic E-state index is 0.0734. The summed E-state index contributed by atoms with van der Waals surface area (Å²) in [5.74, 6) is 1.15. The maximum Gasteiger partial charge on any atom is 0.231 e. The minimum atomic E-state index is -0.212. The van der Waals surface area contributed by atoms with Gasteiger partial charge in [0.25, 0.3) is 0 Å². The molecule has 1 heterocycles. The lowest BCUT2D eigenvalue weighted by Crippen LogP contribution is -2.32. The number of carbonyl (C=O) groups is 1. The molecule has 1 N–H and O–H groups in total. The van der Waals surface area contributed by atoms with Gasteiger partial charge in [-0.15, -0.1) is 0 Å². The molecular formula is C17H16ClNO3. The number of ether oxygens (including phenoxy) is 2. The number of nitrogens with one attached hydrogen (secondary N) is 1. The number of para-hydroxylation sites is 1. The van der Waals surface area contributed by atoms with Gasteiger partial charge in [-0.3, -0.25) is 4.79 Å². The fourth-order valence-electron chi connectivity index (χ4n) is 2.48. The maximum atomic E-state index is 12.4. The molecule has 1 atom stereocenters. The second kappa shape index (κ2) is 6.28. The summed E-state index contributed by atoms with van der Waals surface area (Å²) in [5.41, 5.74) is 1.70. The lowest BCUT2D eigenvalue weighted by atomic mass is 9.96. The zero-order valence-electron chi connectivity index (χ0n) is 12.1. The Balaban J connectivity index is 1.69. The molecule has 0 aromatic heterocycles. The van der Waals surface area contributed by atoms with E-state index in [1.807, 2.05) is 24.3 Å². The molecule has 2 aromatic carbocycles. The molecule has 0 saturated heterocycles. The predicted octanol–water partition coefficient (Wildman–Crippen LogP) is 3.54. The highest BCUT2D eigenvalue weighted by Crippen LogP contribution is 2.29. The van der Waals surface area contributed by atoms with E-state index in [0.717, 1.165) is 11.3 Å². The molecule has 0 unspecified atom stereocenters. The van der Waals surface area contributed by atoms with Crippen molar-refractivity contribution in [3.8, 4) is 11.5 Å². The van der Waals surface area contributed by atoms with Gasteiger partial charge in [0, 0.05) is 5.69 Å². The smallest absolute Gasteiger partial charge is 0.231 e.